The molecule has 1 fully saturated rings. The predicted octanol–water partition coefficient (Wildman–Crippen LogP) is -0.692. The third-order valence-corrected chi connectivity index (χ3v) is 2.51. The summed E-state index contributed by atoms with van der Waals surface area (Å²) in [7, 11) is 1.67. The smallest absolute Gasteiger partial charge is 0.295 e. The van der Waals surface area contributed by atoms with Crippen molar-refractivity contribution in [1.82, 2.24) is 25.5 Å². The Bertz CT molecular complexity index is 326. The van der Waals surface area contributed by atoms with E-state index in [1.165, 1.54) is 0 Å². The molecule has 1 atom stereocenters. The van der Waals surface area contributed by atoms with Crippen molar-refractivity contribution >= 4 is 5.91 Å². The monoisotopic (exact) mass is 211 g/mol. The maximum Gasteiger partial charge on any atom is 0.295 e. The van der Waals surface area contributed by atoms with Gasteiger partial charge < -0.3 is 9.64 Å². The minimum absolute atomic E-state index is 0.132. The van der Waals surface area contributed by atoms with E-state index in [2.05, 4.69) is 20.6 Å². The standard InChI is InChI=1S/C8H13N5O2/c1-15-5-6-2-3-13(4-6)8(14)7-9-11-12-10-7/h6H,2-5H2,1H3,(H,9,10,11,12). The second-order valence-electron chi connectivity index (χ2n) is 3.60. The maximum atomic E-state index is 11.8. The molecule has 0 bridgehead atoms. The molecule has 82 valence electrons. The van der Waals surface area contributed by atoms with E-state index in [1.54, 1.807) is 12.0 Å². The van der Waals surface area contributed by atoms with Crippen LogP contribution < -0.4 is 0 Å². The average Bonchev–Trinajstić information content (AvgIpc) is 2.87. The molecule has 1 aliphatic rings. The van der Waals surface area contributed by atoms with Gasteiger partial charge in [0.25, 0.3) is 11.7 Å². The summed E-state index contributed by atoms with van der Waals surface area (Å²) >= 11 is 0. The number of aromatic nitrogens is 4. The number of carbonyl (C=O) groups is 1. The van der Waals surface area contributed by atoms with E-state index in [0.29, 0.717) is 19.1 Å². The maximum absolute atomic E-state index is 11.8. The number of nitrogens with zero attached hydrogens (tertiary/aromatic N) is 4. The second-order valence-corrected chi connectivity index (χ2v) is 3.60. The van der Waals surface area contributed by atoms with Gasteiger partial charge in [-0.25, -0.2) is 0 Å². The molecule has 0 saturated carbocycles. The summed E-state index contributed by atoms with van der Waals surface area (Å²) in [6.45, 7) is 2.14. The van der Waals surface area contributed by atoms with Gasteiger partial charge in [-0.3, -0.25) is 4.79 Å². The third-order valence-electron chi connectivity index (χ3n) is 2.51. The van der Waals surface area contributed by atoms with Crippen molar-refractivity contribution < 1.29 is 9.53 Å². The van der Waals surface area contributed by atoms with Gasteiger partial charge in [0.2, 0.25) is 0 Å². The molecule has 0 radical (unpaired) electrons. The molecule has 1 unspecified atom stereocenters. The molecule has 1 aromatic heterocycles. The quantitative estimate of drug-likeness (QED) is 0.715. The molecule has 2 heterocycles. The molecule has 0 spiro atoms. The first-order valence-electron chi connectivity index (χ1n) is 4.83. The Hall–Kier alpha value is -1.50. The second kappa shape index (κ2) is 4.35. The fraction of sp³-hybridized carbons (Fsp3) is 0.750. The Kier molecular flexibility index (Phi) is 2.91. The highest BCUT2D eigenvalue weighted by Crippen LogP contribution is 2.17. The van der Waals surface area contributed by atoms with Crippen LogP contribution in [0.25, 0.3) is 0 Å². The van der Waals surface area contributed by atoms with Gasteiger partial charge in [0, 0.05) is 26.1 Å². The minimum Gasteiger partial charge on any atom is -0.384 e. The van der Waals surface area contributed by atoms with E-state index < -0.39 is 0 Å². The first kappa shape index (κ1) is 10.0. The van der Waals surface area contributed by atoms with Gasteiger partial charge in [-0.2, -0.15) is 5.21 Å². The Morgan fingerprint density at radius 2 is 2.60 bits per heavy atom. The molecule has 2 rings (SSSR count). The fourth-order valence-electron chi connectivity index (χ4n) is 1.78. The summed E-state index contributed by atoms with van der Waals surface area (Å²) in [5.41, 5.74) is 0. The Labute approximate surface area is 86.8 Å². The molecule has 1 aromatic rings. The zero-order chi connectivity index (χ0) is 10.7. The number of tetrazole rings is 1. The third kappa shape index (κ3) is 2.12. The molecule has 1 amide bonds. The van der Waals surface area contributed by atoms with Crippen molar-refractivity contribution in [1.29, 1.82) is 0 Å². The first-order chi connectivity index (χ1) is 7.31. The van der Waals surface area contributed by atoms with E-state index in [1.807, 2.05) is 0 Å². The zero-order valence-electron chi connectivity index (χ0n) is 8.51. The number of aromatic amines is 1. The number of carbonyl (C=O) groups excluding carboxylic acids is 1. The van der Waals surface area contributed by atoms with Crippen LogP contribution in [0.4, 0.5) is 0 Å². The van der Waals surface area contributed by atoms with Gasteiger partial charge in [-0.1, -0.05) is 0 Å². The Morgan fingerprint density at radius 3 is 3.27 bits per heavy atom. The summed E-state index contributed by atoms with van der Waals surface area (Å²) in [6.07, 6.45) is 0.970. The molecular weight excluding hydrogens is 198 g/mol. The van der Waals surface area contributed by atoms with E-state index in [9.17, 15) is 4.79 Å². The number of likely N-dealkylation sites (tertiary alicyclic amines) is 1. The predicted molar refractivity (Wildman–Crippen MR) is 50.1 cm³/mol. The van der Waals surface area contributed by atoms with Gasteiger partial charge >= 0.3 is 0 Å². The summed E-state index contributed by atoms with van der Waals surface area (Å²) in [4.78, 5) is 13.5. The largest absolute Gasteiger partial charge is 0.384 e. The number of ether oxygens (including phenoxy) is 1. The molecular formula is C8H13N5O2. The van der Waals surface area contributed by atoms with E-state index >= 15 is 0 Å². The SMILES string of the molecule is COCC1CCN(C(=O)c2nn[nH]n2)C1. The van der Waals surface area contributed by atoms with Crippen molar-refractivity contribution in [3.05, 3.63) is 5.82 Å². The van der Waals surface area contributed by atoms with E-state index in [-0.39, 0.29) is 11.7 Å². The first-order valence-corrected chi connectivity index (χ1v) is 4.83. The topological polar surface area (TPSA) is 84.0 Å². The Morgan fingerprint density at radius 1 is 1.73 bits per heavy atom. The minimum atomic E-state index is -0.164. The zero-order valence-corrected chi connectivity index (χ0v) is 8.51. The number of rotatable bonds is 3. The summed E-state index contributed by atoms with van der Waals surface area (Å²) in [6, 6.07) is 0. The van der Waals surface area contributed by atoms with Crippen LogP contribution in [-0.4, -0.2) is 58.2 Å². The molecule has 7 heteroatoms. The average molecular weight is 211 g/mol. The fourth-order valence-corrected chi connectivity index (χ4v) is 1.78. The summed E-state index contributed by atoms with van der Waals surface area (Å²) < 4.78 is 5.06. The molecule has 1 N–H and O–H groups in total. The normalized spacial score (nSPS) is 20.9. The van der Waals surface area contributed by atoms with Gasteiger partial charge in [-0.05, 0) is 11.6 Å². The molecule has 1 aliphatic heterocycles. The molecule has 0 aliphatic carbocycles. The number of amides is 1. The van der Waals surface area contributed by atoms with Gasteiger partial charge in [0.15, 0.2) is 0 Å². The van der Waals surface area contributed by atoms with Crippen LogP contribution in [0.3, 0.4) is 0 Å². The molecule has 15 heavy (non-hydrogen) atoms. The molecule has 1 saturated heterocycles. The Balaban J connectivity index is 1.93. The van der Waals surface area contributed by atoms with Gasteiger partial charge in [0.1, 0.15) is 0 Å². The highest BCUT2D eigenvalue weighted by atomic mass is 16.5. The highest BCUT2D eigenvalue weighted by molar-refractivity contribution is 5.90. The van der Waals surface area contributed by atoms with Crippen LogP contribution in [0.15, 0.2) is 0 Å². The van der Waals surface area contributed by atoms with Crippen LogP contribution in [0.2, 0.25) is 0 Å². The van der Waals surface area contributed by atoms with Crippen molar-refractivity contribution in [3.8, 4) is 0 Å². The highest BCUT2D eigenvalue weighted by Gasteiger charge is 2.28. The van der Waals surface area contributed by atoms with Crippen molar-refractivity contribution in [2.24, 2.45) is 5.92 Å². The van der Waals surface area contributed by atoms with Crippen molar-refractivity contribution in [3.63, 3.8) is 0 Å². The van der Waals surface area contributed by atoms with Crippen LogP contribution in [-0.2, 0) is 4.74 Å². The van der Waals surface area contributed by atoms with E-state index in [4.69, 9.17) is 4.74 Å². The van der Waals surface area contributed by atoms with Crippen molar-refractivity contribution in [2.75, 3.05) is 26.8 Å². The van der Waals surface area contributed by atoms with Crippen LogP contribution in [0.1, 0.15) is 17.0 Å². The number of H-pyrrole nitrogens is 1. The summed E-state index contributed by atoms with van der Waals surface area (Å²) in [5, 5.41) is 13.0. The van der Waals surface area contributed by atoms with Crippen molar-refractivity contribution in [2.45, 2.75) is 6.42 Å². The molecule has 0 aromatic carbocycles. The van der Waals surface area contributed by atoms with Crippen LogP contribution >= 0.6 is 0 Å². The van der Waals surface area contributed by atoms with Crippen LogP contribution in [0, 0.1) is 5.92 Å². The lowest BCUT2D eigenvalue weighted by atomic mass is 10.1. The lowest BCUT2D eigenvalue weighted by Crippen LogP contribution is -2.30. The van der Waals surface area contributed by atoms with E-state index in [0.717, 1.165) is 13.0 Å². The number of hydrogen-bond donors (Lipinski definition) is 1. The number of hydrogen-bond acceptors (Lipinski definition) is 5. The summed E-state index contributed by atoms with van der Waals surface area (Å²) in [5.74, 6) is 0.390. The lowest BCUT2D eigenvalue weighted by Gasteiger charge is -2.13. The number of methoxy groups -OCH3 is 1. The van der Waals surface area contributed by atoms with Crippen LogP contribution in [0.5, 0.6) is 0 Å². The van der Waals surface area contributed by atoms with Gasteiger partial charge in [-0.15, -0.1) is 10.2 Å². The van der Waals surface area contributed by atoms with Gasteiger partial charge in [0.05, 0.1) is 6.61 Å². The number of nitrogens with one attached hydrogen (secondary N) is 1. The lowest BCUT2D eigenvalue weighted by molar-refractivity contribution is 0.0763. The molecule has 7 nitrogen and oxygen atoms in total.